The lowest BCUT2D eigenvalue weighted by atomic mass is 10.1. The van der Waals surface area contributed by atoms with Crippen LogP contribution < -0.4 is 5.32 Å². The van der Waals surface area contributed by atoms with Gasteiger partial charge in [0, 0.05) is 26.1 Å². The van der Waals surface area contributed by atoms with Crippen LogP contribution in [0.4, 0.5) is 0 Å². The number of benzene rings is 2. The molecule has 0 aromatic heterocycles. The van der Waals surface area contributed by atoms with Gasteiger partial charge in [-0.1, -0.05) is 55.3 Å². The van der Waals surface area contributed by atoms with Crippen molar-refractivity contribution in [2.24, 2.45) is 0 Å². The van der Waals surface area contributed by atoms with Crippen molar-refractivity contribution in [2.75, 3.05) is 19.6 Å². The van der Waals surface area contributed by atoms with E-state index >= 15 is 0 Å². The SMILES string of the molecule is O=C(CCc1ccc(S(=O)(=O)N2CCCCCC2)cc1)NCCc1ccccc1. The molecule has 1 aliphatic rings. The molecule has 2 aromatic carbocycles. The van der Waals surface area contributed by atoms with Crippen LogP contribution in [-0.2, 0) is 27.7 Å². The second kappa shape index (κ2) is 10.6. The molecule has 2 aromatic rings. The van der Waals surface area contributed by atoms with Crippen LogP contribution in [0.25, 0.3) is 0 Å². The quantitative estimate of drug-likeness (QED) is 0.718. The number of carbonyl (C=O) groups is 1. The maximum absolute atomic E-state index is 12.8. The Bertz CT molecular complexity index is 872. The second-order valence-corrected chi connectivity index (χ2v) is 9.49. The van der Waals surface area contributed by atoms with Gasteiger partial charge in [0.15, 0.2) is 0 Å². The molecular formula is C23H30N2O3S. The fourth-order valence-electron chi connectivity index (χ4n) is 3.60. The molecule has 1 N–H and O–H groups in total. The Balaban J connectivity index is 1.46. The fourth-order valence-corrected chi connectivity index (χ4v) is 5.11. The lowest BCUT2D eigenvalue weighted by molar-refractivity contribution is -0.121. The van der Waals surface area contributed by atoms with E-state index in [1.165, 1.54) is 5.56 Å². The zero-order valence-electron chi connectivity index (χ0n) is 16.8. The maximum atomic E-state index is 12.8. The van der Waals surface area contributed by atoms with Crippen LogP contribution in [0.15, 0.2) is 59.5 Å². The monoisotopic (exact) mass is 414 g/mol. The summed E-state index contributed by atoms with van der Waals surface area (Å²) in [5.41, 5.74) is 2.17. The molecule has 1 amide bonds. The number of sulfonamides is 1. The largest absolute Gasteiger partial charge is 0.356 e. The van der Waals surface area contributed by atoms with Crippen LogP contribution >= 0.6 is 0 Å². The Morgan fingerprint density at radius 1 is 0.828 bits per heavy atom. The molecule has 1 fully saturated rings. The molecule has 0 bridgehead atoms. The first-order valence-electron chi connectivity index (χ1n) is 10.5. The Hall–Kier alpha value is -2.18. The Morgan fingerprint density at radius 3 is 2.10 bits per heavy atom. The number of amides is 1. The number of rotatable bonds is 8. The first-order valence-corrected chi connectivity index (χ1v) is 11.9. The predicted molar refractivity (Wildman–Crippen MR) is 115 cm³/mol. The zero-order chi connectivity index (χ0) is 20.5. The minimum Gasteiger partial charge on any atom is -0.356 e. The van der Waals surface area contributed by atoms with E-state index in [1.54, 1.807) is 16.4 Å². The highest BCUT2D eigenvalue weighted by Gasteiger charge is 2.24. The highest BCUT2D eigenvalue weighted by Crippen LogP contribution is 2.21. The van der Waals surface area contributed by atoms with Crippen LogP contribution in [0.1, 0.15) is 43.2 Å². The molecule has 6 heteroatoms. The molecule has 1 heterocycles. The Labute approximate surface area is 174 Å². The van der Waals surface area contributed by atoms with Crippen molar-refractivity contribution in [3.05, 3.63) is 65.7 Å². The summed E-state index contributed by atoms with van der Waals surface area (Å²) >= 11 is 0. The third kappa shape index (κ3) is 6.41. The third-order valence-electron chi connectivity index (χ3n) is 5.35. The van der Waals surface area contributed by atoms with E-state index in [-0.39, 0.29) is 5.91 Å². The Morgan fingerprint density at radius 2 is 1.45 bits per heavy atom. The van der Waals surface area contributed by atoms with Crippen molar-refractivity contribution >= 4 is 15.9 Å². The van der Waals surface area contributed by atoms with E-state index in [0.29, 0.717) is 37.4 Å². The number of hydrogen-bond acceptors (Lipinski definition) is 3. The first-order chi connectivity index (χ1) is 14.1. The van der Waals surface area contributed by atoms with Crippen molar-refractivity contribution in [3.8, 4) is 0 Å². The van der Waals surface area contributed by atoms with E-state index in [2.05, 4.69) is 5.32 Å². The van der Waals surface area contributed by atoms with Crippen molar-refractivity contribution in [1.82, 2.24) is 9.62 Å². The molecule has 156 valence electrons. The lowest BCUT2D eigenvalue weighted by Gasteiger charge is -2.20. The van der Waals surface area contributed by atoms with Crippen molar-refractivity contribution in [1.29, 1.82) is 0 Å². The van der Waals surface area contributed by atoms with Crippen LogP contribution in [0.3, 0.4) is 0 Å². The molecule has 0 saturated carbocycles. The fraction of sp³-hybridized carbons (Fsp3) is 0.435. The second-order valence-electron chi connectivity index (χ2n) is 7.55. The predicted octanol–water partition coefficient (Wildman–Crippen LogP) is 3.54. The van der Waals surface area contributed by atoms with E-state index < -0.39 is 10.0 Å². The van der Waals surface area contributed by atoms with Crippen LogP contribution in [0.2, 0.25) is 0 Å². The molecule has 29 heavy (non-hydrogen) atoms. The van der Waals surface area contributed by atoms with Gasteiger partial charge in [0.1, 0.15) is 0 Å². The molecule has 1 aliphatic heterocycles. The van der Waals surface area contributed by atoms with Gasteiger partial charge < -0.3 is 5.32 Å². The van der Waals surface area contributed by atoms with Crippen LogP contribution in [0, 0.1) is 0 Å². The van der Waals surface area contributed by atoms with E-state index in [4.69, 9.17) is 0 Å². The molecular weight excluding hydrogens is 384 g/mol. The molecule has 0 spiro atoms. The highest BCUT2D eigenvalue weighted by molar-refractivity contribution is 7.89. The van der Waals surface area contributed by atoms with Gasteiger partial charge in [-0.3, -0.25) is 4.79 Å². The van der Waals surface area contributed by atoms with E-state index in [1.807, 2.05) is 42.5 Å². The summed E-state index contributed by atoms with van der Waals surface area (Å²) in [6.07, 6.45) is 5.86. The van der Waals surface area contributed by atoms with E-state index in [9.17, 15) is 13.2 Å². The molecule has 0 radical (unpaired) electrons. The summed E-state index contributed by atoms with van der Waals surface area (Å²) in [6, 6.07) is 17.0. The minimum absolute atomic E-state index is 0.0159. The normalized spacial score (nSPS) is 15.6. The molecule has 0 aliphatic carbocycles. The summed E-state index contributed by atoms with van der Waals surface area (Å²) in [5, 5.41) is 2.94. The minimum atomic E-state index is -3.42. The molecule has 0 unspecified atom stereocenters. The number of nitrogens with zero attached hydrogens (tertiary/aromatic N) is 1. The Kier molecular flexibility index (Phi) is 7.83. The first kappa shape index (κ1) is 21.5. The number of nitrogens with one attached hydrogen (secondary N) is 1. The standard InChI is InChI=1S/C23H30N2O3S/c26-23(24-17-16-20-8-4-3-5-9-20)15-12-21-10-13-22(14-11-21)29(27,28)25-18-6-1-2-7-19-25/h3-5,8-11,13-14H,1-2,6-7,12,15-19H2,(H,24,26). The van der Waals surface area contributed by atoms with Gasteiger partial charge in [0.25, 0.3) is 0 Å². The van der Waals surface area contributed by atoms with Gasteiger partial charge in [-0.2, -0.15) is 4.31 Å². The average molecular weight is 415 g/mol. The summed E-state index contributed by atoms with van der Waals surface area (Å²) in [7, 11) is -3.42. The highest BCUT2D eigenvalue weighted by atomic mass is 32.2. The van der Waals surface area contributed by atoms with Crippen LogP contribution in [-0.4, -0.2) is 38.3 Å². The average Bonchev–Trinajstić information content (AvgIpc) is 3.04. The molecule has 5 nitrogen and oxygen atoms in total. The molecule has 3 rings (SSSR count). The molecule has 1 saturated heterocycles. The summed E-state index contributed by atoms with van der Waals surface area (Å²) in [4.78, 5) is 12.4. The number of hydrogen-bond donors (Lipinski definition) is 1. The van der Waals surface area contributed by atoms with E-state index in [0.717, 1.165) is 37.7 Å². The number of aryl methyl sites for hydroxylation is 1. The van der Waals surface area contributed by atoms with Gasteiger partial charge in [-0.25, -0.2) is 8.42 Å². The topological polar surface area (TPSA) is 66.5 Å². The van der Waals surface area contributed by atoms with Gasteiger partial charge in [-0.05, 0) is 48.9 Å². The van der Waals surface area contributed by atoms with Crippen molar-refractivity contribution < 1.29 is 13.2 Å². The zero-order valence-corrected chi connectivity index (χ0v) is 17.7. The molecule has 0 atom stereocenters. The third-order valence-corrected chi connectivity index (χ3v) is 7.26. The van der Waals surface area contributed by atoms with Gasteiger partial charge in [0.2, 0.25) is 15.9 Å². The van der Waals surface area contributed by atoms with Crippen LogP contribution in [0.5, 0.6) is 0 Å². The summed E-state index contributed by atoms with van der Waals surface area (Å²) < 4.78 is 27.2. The van der Waals surface area contributed by atoms with Gasteiger partial charge >= 0.3 is 0 Å². The smallest absolute Gasteiger partial charge is 0.243 e. The van der Waals surface area contributed by atoms with Crippen molar-refractivity contribution in [3.63, 3.8) is 0 Å². The van der Waals surface area contributed by atoms with Gasteiger partial charge in [0.05, 0.1) is 4.90 Å². The summed E-state index contributed by atoms with van der Waals surface area (Å²) in [6.45, 7) is 1.83. The maximum Gasteiger partial charge on any atom is 0.243 e. The summed E-state index contributed by atoms with van der Waals surface area (Å²) in [5.74, 6) is 0.0159. The number of carbonyl (C=O) groups excluding carboxylic acids is 1. The van der Waals surface area contributed by atoms with Gasteiger partial charge in [-0.15, -0.1) is 0 Å². The lowest BCUT2D eigenvalue weighted by Crippen LogP contribution is -2.31. The van der Waals surface area contributed by atoms with Crippen molar-refractivity contribution in [2.45, 2.75) is 49.8 Å².